The molecule has 1 aliphatic rings. The fourth-order valence-electron chi connectivity index (χ4n) is 2.72. The minimum absolute atomic E-state index is 0.143. The smallest absolute Gasteiger partial charge is 0.122 e. The lowest BCUT2D eigenvalue weighted by Gasteiger charge is -2.29. The van der Waals surface area contributed by atoms with Crippen LogP contribution in [0, 0.1) is 13.8 Å². The summed E-state index contributed by atoms with van der Waals surface area (Å²) in [6, 6.07) is 8.01. The molecule has 0 amide bonds. The molecule has 3 rings (SSSR count). The van der Waals surface area contributed by atoms with Gasteiger partial charge in [-0.05, 0) is 31.9 Å². The van der Waals surface area contributed by atoms with E-state index < -0.39 is 6.10 Å². The van der Waals surface area contributed by atoms with Crippen LogP contribution in [-0.4, -0.2) is 22.8 Å². The van der Waals surface area contributed by atoms with E-state index in [0.29, 0.717) is 13.0 Å². The first-order valence-corrected chi connectivity index (χ1v) is 7.79. The molecule has 2 aromatic rings. The number of aryl methyl sites for hydroxylation is 2. The molecule has 1 aromatic heterocycles. The summed E-state index contributed by atoms with van der Waals surface area (Å²) in [6.07, 6.45) is 1.09. The third-order valence-electron chi connectivity index (χ3n) is 3.93. The normalized spacial score (nSPS) is 19.2. The van der Waals surface area contributed by atoms with Crippen LogP contribution < -0.4 is 4.74 Å². The molecule has 0 aliphatic carbocycles. The largest absolute Gasteiger partial charge is 0.493 e. The van der Waals surface area contributed by atoms with E-state index in [2.05, 4.69) is 18.0 Å². The highest BCUT2D eigenvalue weighted by Gasteiger charge is 2.28. The van der Waals surface area contributed by atoms with Crippen molar-refractivity contribution in [2.75, 3.05) is 6.61 Å². The van der Waals surface area contributed by atoms with Gasteiger partial charge in [-0.1, -0.05) is 18.2 Å². The Hall–Kier alpha value is -1.39. The van der Waals surface area contributed by atoms with Crippen molar-refractivity contribution in [1.82, 2.24) is 4.98 Å². The summed E-state index contributed by atoms with van der Waals surface area (Å²) in [5.74, 6) is 1.05. The van der Waals surface area contributed by atoms with E-state index in [1.54, 1.807) is 11.3 Å². The highest BCUT2D eigenvalue weighted by Crippen LogP contribution is 2.36. The van der Waals surface area contributed by atoms with E-state index >= 15 is 0 Å². The number of hydrogen-bond donors (Lipinski definition) is 1. The zero-order valence-corrected chi connectivity index (χ0v) is 12.6. The Kier molecular flexibility index (Phi) is 3.76. The van der Waals surface area contributed by atoms with Crippen LogP contribution in [-0.2, 0) is 6.42 Å². The topological polar surface area (TPSA) is 42.4 Å². The van der Waals surface area contributed by atoms with Gasteiger partial charge in [0.05, 0.1) is 23.4 Å². The second kappa shape index (κ2) is 5.54. The molecule has 2 unspecified atom stereocenters. The van der Waals surface area contributed by atoms with E-state index in [1.165, 1.54) is 4.88 Å². The van der Waals surface area contributed by atoms with Crippen molar-refractivity contribution in [3.8, 4) is 5.75 Å². The Balaban J connectivity index is 1.79. The molecule has 2 atom stereocenters. The second-order valence-corrected chi connectivity index (χ2v) is 6.59. The predicted molar refractivity (Wildman–Crippen MR) is 80.6 cm³/mol. The molecule has 2 heterocycles. The van der Waals surface area contributed by atoms with Gasteiger partial charge in [0, 0.05) is 17.2 Å². The van der Waals surface area contributed by atoms with Crippen molar-refractivity contribution in [2.24, 2.45) is 0 Å². The summed E-state index contributed by atoms with van der Waals surface area (Å²) in [5.41, 5.74) is 2.20. The number of aliphatic hydroxyl groups is 1. The van der Waals surface area contributed by atoms with Gasteiger partial charge in [0.1, 0.15) is 5.75 Å². The Bertz CT molecular complexity index is 589. The zero-order chi connectivity index (χ0) is 14.1. The van der Waals surface area contributed by atoms with E-state index in [0.717, 1.165) is 28.4 Å². The van der Waals surface area contributed by atoms with Crippen LogP contribution in [0.1, 0.15) is 33.5 Å². The number of aliphatic hydroxyl groups excluding tert-OH is 1. The van der Waals surface area contributed by atoms with Crippen LogP contribution in [0.3, 0.4) is 0 Å². The molecule has 0 fully saturated rings. The number of benzene rings is 1. The van der Waals surface area contributed by atoms with E-state index in [9.17, 15) is 5.11 Å². The number of para-hydroxylation sites is 1. The molecular weight excluding hydrogens is 270 g/mol. The molecule has 4 heteroatoms. The molecular formula is C16H19NO2S. The summed E-state index contributed by atoms with van der Waals surface area (Å²) in [6.45, 7) is 4.77. The van der Waals surface area contributed by atoms with Crippen molar-refractivity contribution in [2.45, 2.75) is 38.7 Å². The minimum atomic E-state index is -0.398. The molecule has 0 saturated carbocycles. The molecule has 3 nitrogen and oxygen atoms in total. The Labute approximate surface area is 123 Å². The van der Waals surface area contributed by atoms with Crippen LogP contribution in [0.15, 0.2) is 24.3 Å². The highest BCUT2D eigenvalue weighted by atomic mass is 32.1. The van der Waals surface area contributed by atoms with E-state index in [4.69, 9.17) is 4.74 Å². The van der Waals surface area contributed by atoms with Crippen LogP contribution >= 0.6 is 11.3 Å². The van der Waals surface area contributed by atoms with Gasteiger partial charge >= 0.3 is 0 Å². The first-order chi connectivity index (χ1) is 9.65. The van der Waals surface area contributed by atoms with E-state index in [-0.39, 0.29) is 5.92 Å². The lowest BCUT2D eigenvalue weighted by molar-refractivity contribution is 0.116. The Morgan fingerprint density at radius 2 is 2.20 bits per heavy atom. The fourth-order valence-corrected chi connectivity index (χ4v) is 3.70. The third kappa shape index (κ3) is 2.58. The zero-order valence-electron chi connectivity index (χ0n) is 11.8. The van der Waals surface area contributed by atoms with E-state index in [1.807, 2.05) is 25.1 Å². The Morgan fingerprint density at radius 1 is 1.40 bits per heavy atom. The maximum atomic E-state index is 10.6. The molecule has 1 aliphatic heterocycles. The monoisotopic (exact) mass is 289 g/mol. The third-order valence-corrected chi connectivity index (χ3v) is 5.02. The maximum Gasteiger partial charge on any atom is 0.122 e. The fraction of sp³-hybridized carbons (Fsp3) is 0.438. The number of rotatable bonds is 3. The number of fused-ring (bicyclic) bond motifs is 1. The molecule has 20 heavy (non-hydrogen) atoms. The van der Waals surface area contributed by atoms with Crippen LogP contribution in [0.2, 0.25) is 0 Å². The van der Waals surface area contributed by atoms with Crippen LogP contribution in [0.5, 0.6) is 5.75 Å². The van der Waals surface area contributed by atoms with Crippen molar-refractivity contribution < 1.29 is 9.84 Å². The van der Waals surface area contributed by atoms with Gasteiger partial charge < -0.3 is 9.84 Å². The second-order valence-electron chi connectivity index (χ2n) is 5.30. The van der Waals surface area contributed by atoms with Crippen LogP contribution in [0.4, 0.5) is 0 Å². The van der Waals surface area contributed by atoms with Gasteiger partial charge in [-0.2, -0.15) is 0 Å². The number of thiazole rings is 1. The van der Waals surface area contributed by atoms with Crippen LogP contribution in [0.25, 0.3) is 0 Å². The average Bonchev–Trinajstić information content (AvgIpc) is 2.76. The van der Waals surface area contributed by atoms with Gasteiger partial charge in [-0.25, -0.2) is 4.98 Å². The summed E-state index contributed by atoms with van der Waals surface area (Å²) >= 11 is 1.69. The Morgan fingerprint density at radius 3 is 2.95 bits per heavy atom. The first kappa shape index (κ1) is 13.6. The minimum Gasteiger partial charge on any atom is -0.493 e. The van der Waals surface area contributed by atoms with Gasteiger partial charge in [-0.15, -0.1) is 11.3 Å². The number of hydrogen-bond acceptors (Lipinski definition) is 4. The quantitative estimate of drug-likeness (QED) is 0.943. The lowest BCUT2D eigenvalue weighted by atomic mass is 9.87. The lowest BCUT2D eigenvalue weighted by Crippen LogP contribution is -2.26. The SMILES string of the molecule is Cc1nc(CC(O)C2CCOc3ccccc32)sc1C. The molecule has 0 saturated heterocycles. The highest BCUT2D eigenvalue weighted by molar-refractivity contribution is 7.11. The average molecular weight is 289 g/mol. The van der Waals surface area contributed by atoms with Gasteiger partial charge in [0.25, 0.3) is 0 Å². The van der Waals surface area contributed by atoms with Crippen molar-refractivity contribution in [1.29, 1.82) is 0 Å². The molecule has 1 N–H and O–H groups in total. The van der Waals surface area contributed by atoms with Gasteiger partial charge in [-0.3, -0.25) is 0 Å². The summed E-state index contributed by atoms with van der Waals surface area (Å²) in [4.78, 5) is 5.76. The van der Waals surface area contributed by atoms with Gasteiger partial charge in [0.15, 0.2) is 0 Å². The van der Waals surface area contributed by atoms with Gasteiger partial charge in [0.2, 0.25) is 0 Å². The first-order valence-electron chi connectivity index (χ1n) is 6.98. The van der Waals surface area contributed by atoms with Crippen molar-refractivity contribution >= 4 is 11.3 Å². The molecule has 0 bridgehead atoms. The molecule has 106 valence electrons. The van der Waals surface area contributed by atoms with Crippen molar-refractivity contribution in [3.63, 3.8) is 0 Å². The summed E-state index contributed by atoms with van der Waals surface area (Å²) < 4.78 is 5.65. The standard InChI is InChI=1S/C16H19NO2S/c1-10-11(2)20-16(17-10)9-14(18)12-7-8-19-15-6-4-3-5-13(12)15/h3-6,12,14,18H,7-9H2,1-2H3. The summed E-state index contributed by atoms with van der Waals surface area (Å²) in [5, 5.41) is 11.6. The predicted octanol–water partition coefficient (Wildman–Crippen LogP) is 3.23. The maximum absolute atomic E-state index is 10.6. The van der Waals surface area contributed by atoms with Crippen molar-refractivity contribution in [3.05, 3.63) is 45.4 Å². The molecule has 0 spiro atoms. The molecule has 0 radical (unpaired) electrons. The number of aromatic nitrogens is 1. The number of nitrogens with zero attached hydrogens (tertiary/aromatic N) is 1. The summed E-state index contributed by atoms with van der Waals surface area (Å²) in [7, 11) is 0. The number of ether oxygens (including phenoxy) is 1. The molecule has 1 aromatic carbocycles.